The van der Waals surface area contributed by atoms with Gasteiger partial charge in [0.05, 0.1) is 24.9 Å². The van der Waals surface area contributed by atoms with Crippen molar-refractivity contribution in [3.05, 3.63) is 46.6 Å². The van der Waals surface area contributed by atoms with E-state index in [1.165, 1.54) is 52.0 Å². The van der Waals surface area contributed by atoms with Gasteiger partial charge in [-0.1, -0.05) is 30.5 Å². The van der Waals surface area contributed by atoms with Crippen LogP contribution in [0.2, 0.25) is 5.02 Å². The number of ether oxygens (including phenoxy) is 2. The molecule has 0 aliphatic carbocycles. The summed E-state index contributed by atoms with van der Waals surface area (Å²) in [6.07, 6.45) is 6.71. The highest BCUT2D eigenvalue weighted by molar-refractivity contribution is 6.34. The van der Waals surface area contributed by atoms with E-state index in [4.69, 9.17) is 21.1 Å². The Morgan fingerprint density at radius 1 is 1.13 bits per heavy atom. The van der Waals surface area contributed by atoms with E-state index in [-0.39, 0.29) is 16.3 Å². The molecular formula is C22H27ClN4O4. The van der Waals surface area contributed by atoms with E-state index < -0.39 is 12.0 Å². The van der Waals surface area contributed by atoms with Crippen LogP contribution >= 0.6 is 11.6 Å². The number of urea groups is 1. The summed E-state index contributed by atoms with van der Waals surface area (Å²) in [6, 6.07) is 6.40. The Kier molecular flexibility index (Phi) is 7.94. The molecule has 1 aromatic heterocycles. The number of hydrogen-bond acceptors (Lipinski definition) is 6. The average Bonchev–Trinajstić information content (AvgIpc) is 3.08. The first-order chi connectivity index (χ1) is 15.0. The quantitative estimate of drug-likeness (QED) is 0.645. The van der Waals surface area contributed by atoms with Crippen molar-refractivity contribution in [3.63, 3.8) is 0 Å². The van der Waals surface area contributed by atoms with Gasteiger partial charge in [-0.2, -0.15) is 0 Å². The van der Waals surface area contributed by atoms with E-state index in [2.05, 4.69) is 20.5 Å². The Morgan fingerprint density at radius 2 is 1.87 bits per heavy atom. The van der Waals surface area contributed by atoms with Crippen LogP contribution < -0.4 is 20.3 Å². The molecule has 2 heterocycles. The fourth-order valence-corrected chi connectivity index (χ4v) is 3.66. The molecule has 166 valence electrons. The normalized spacial score (nSPS) is 13.8. The minimum atomic E-state index is -0.578. The minimum Gasteiger partial charge on any atom is -0.496 e. The number of rotatable bonds is 6. The number of halogens is 1. The molecular weight excluding hydrogens is 420 g/mol. The van der Waals surface area contributed by atoms with Crippen molar-refractivity contribution in [3.8, 4) is 5.75 Å². The highest BCUT2D eigenvalue weighted by Gasteiger charge is 2.17. The Balaban J connectivity index is 1.58. The molecule has 2 N–H and O–H groups in total. The molecule has 8 nitrogen and oxygen atoms in total. The first kappa shape index (κ1) is 22.7. The van der Waals surface area contributed by atoms with Gasteiger partial charge in [0.15, 0.2) is 0 Å². The van der Waals surface area contributed by atoms with Crippen molar-refractivity contribution in [1.29, 1.82) is 0 Å². The molecule has 1 aliphatic rings. The Morgan fingerprint density at radius 3 is 2.48 bits per heavy atom. The highest BCUT2D eigenvalue weighted by atomic mass is 35.5. The number of carbonyl (C=O) groups excluding carboxylic acids is 2. The van der Waals surface area contributed by atoms with E-state index in [9.17, 15) is 9.59 Å². The van der Waals surface area contributed by atoms with Gasteiger partial charge < -0.3 is 25.0 Å². The molecule has 0 bridgehead atoms. The van der Waals surface area contributed by atoms with E-state index >= 15 is 0 Å². The van der Waals surface area contributed by atoms with Crippen molar-refractivity contribution in [1.82, 2.24) is 10.3 Å². The zero-order valence-electron chi connectivity index (χ0n) is 17.7. The number of aromatic nitrogens is 1. The van der Waals surface area contributed by atoms with Gasteiger partial charge in [0.25, 0.3) is 0 Å². The van der Waals surface area contributed by atoms with E-state index in [0.717, 1.165) is 24.5 Å². The maximum atomic E-state index is 12.3. The summed E-state index contributed by atoms with van der Waals surface area (Å²) in [7, 11) is 2.69. The van der Waals surface area contributed by atoms with Gasteiger partial charge in [0.1, 0.15) is 17.1 Å². The summed E-state index contributed by atoms with van der Waals surface area (Å²) in [5.74, 6) is 0.644. The number of esters is 1. The van der Waals surface area contributed by atoms with Gasteiger partial charge in [-0.25, -0.2) is 14.6 Å². The molecule has 0 spiro atoms. The zero-order chi connectivity index (χ0) is 22.2. The highest BCUT2D eigenvalue weighted by Crippen LogP contribution is 2.31. The van der Waals surface area contributed by atoms with Gasteiger partial charge in [-0.15, -0.1) is 0 Å². The summed E-state index contributed by atoms with van der Waals surface area (Å²) in [5, 5.41) is 5.64. The summed E-state index contributed by atoms with van der Waals surface area (Å²) >= 11 is 6.20. The molecule has 3 rings (SSSR count). The van der Waals surface area contributed by atoms with Gasteiger partial charge >= 0.3 is 12.0 Å². The van der Waals surface area contributed by atoms with Crippen LogP contribution in [0.15, 0.2) is 30.5 Å². The van der Waals surface area contributed by atoms with Crippen LogP contribution in [-0.2, 0) is 11.3 Å². The number of pyridine rings is 1. The maximum absolute atomic E-state index is 12.3. The standard InChI is InChI=1S/C22H27ClN4O4/c1-30-19-12-18(17(23)11-16(19)21(28)31-2)26-22(29)25-14-15-7-8-20(24-13-15)27-9-5-3-4-6-10-27/h7-8,11-13H,3-6,9-10,14H2,1-2H3,(H2,25,26,29). The van der Waals surface area contributed by atoms with Gasteiger partial charge in [-0.3, -0.25) is 0 Å². The van der Waals surface area contributed by atoms with Gasteiger partial charge in [0, 0.05) is 31.9 Å². The molecule has 1 saturated heterocycles. The van der Waals surface area contributed by atoms with E-state index in [0.29, 0.717) is 12.2 Å². The number of benzene rings is 1. The molecule has 1 fully saturated rings. The molecule has 0 unspecified atom stereocenters. The third kappa shape index (κ3) is 6.01. The number of nitrogens with zero attached hydrogens (tertiary/aromatic N) is 2. The Bertz CT molecular complexity index is 912. The maximum Gasteiger partial charge on any atom is 0.341 e. The number of nitrogens with one attached hydrogen (secondary N) is 2. The van der Waals surface area contributed by atoms with Gasteiger partial charge in [-0.05, 0) is 30.5 Å². The SMILES string of the molecule is COC(=O)c1cc(Cl)c(NC(=O)NCc2ccc(N3CCCCCC3)nc2)cc1OC. The number of hydrogen-bond donors (Lipinski definition) is 2. The number of anilines is 2. The summed E-state index contributed by atoms with van der Waals surface area (Å²) in [4.78, 5) is 31.0. The number of methoxy groups -OCH3 is 2. The minimum absolute atomic E-state index is 0.177. The molecule has 0 atom stereocenters. The molecule has 31 heavy (non-hydrogen) atoms. The van der Waals surface area contributed by atoms with Crippen molar-refractivity contribution < 1.29 is 19.1 Å². The molecule has 0 radical (unpaired) electrons. The fourth-order valence-electron chi connectivity index (χ4n) is 3.44. The second-order valence-electron chi connectivity index (χ2n) is 7.26. The predicted octanol–water partition coefficient (Wildman–Crippen LogP) is 4.23. The summed E-state index contributed by atoms with van der Waals surface area (Å²) < 4.78 is 9.91. The lowest BCUT2D eigenvalue weighted by Crippen LogP contribution is -2.28. The summed E-state index contributed by atoms with van der Waals surface area (Å²) in [6.45, 7) is 2.38. The van der Waals surface area contributed by atoms with Crippen molar-refractivity contribution in [2.24, 2.45) is 0 Å². The second kappa shape index (κ2) is 10.9. The fraction of sp³-hybridized carbons (Fsp3) is 0.409. The average molecular weight is 447 g/mol. The van der Waals surface area contributed by atoms with Gasteiger partial charge in [0.2, 0.25) is 0 Å². The van der Waals surface area contributed by atoms with Crippen LogP contribution in [0.1, 0.15) is 41.6 Å². The molecule has 9 heteroatoms. The molecule has 1 aliphatic heterocycles. The van der Waals surface area contributed by atoms with Crippen molar-refractivity contribution in [2.45, 2.75) is 32.2 Å². The lowest BCUT2D eigenvalue weighted by Gasteiger charge is -2.21. The predicted molar refractivity (Wildman–Crippen MR) is 120 cm³/mol. The third-order valence-corrected chi connectivity index (χ3v) is 5.45. The largest absolute Gasteiger partial charge is 0.496 e. The monoisotopic (exact) mass is 446 g/mol. The zero-order valence-corrected chi connectivity index (χ0v) is 18.5. The number of carbonyl (C=O) groups is 2. The molecule has 2 aromatic rings. The van der Waals surface area contributed by atoms with Crippen LogP contribution in [0.5, 0.6) is 5.75 Å². The van der Waals surface area contributed by atoms with Crippen LogP contribution in [0.3, 0.4) is 0 Å². The Labute approximate surface area is 186 Å². The lowest BCUT2D eigenvalue weighted by molar-refractivity contribution is 0.0597. The topological polar surface area (TPSA) is 92.8 Å². The van der Waals surface area contributed by atoms with Crippen LogP contribution in [0.4, 0.5) is 16.3 Å². The summed E-state index contributed by atoms with van der Waals surface area (Å²) in [5.41, 5.74) is 1.38. The van der Waals surface area contributed by atoms with E-state index in [1.54, 1.807) is 6.20 Å². The molecule has 1 aromatic carbocycles. The Hall–Kier alpha value is -3.00. The molecule has 2 amide bonds. The smallest absolute Gasteiger partial charge is 0.341 e. The number of amides is 2. The van der Waals surface area contributed by atoms with Crippen molar-refractivity contribution in [2.75, 3.05) is 37.5 Å². The van der Waals surface area contributed by atoms with Crippen LogP contribution in [0, 0.1) is 0 Å². The first-order valence-corrected chi connectivity index (χ1v) is 10.6. The lowest BCUT2D eigenvalue weighted by atomic mass is 10.1. The second-order valence-corrected chi connectivity index (χ2v) is 7.66. The first-order valence-electron chi connectivity index (χ1n) is 10.2. The van der Waals surface area contributed by atoms with Crippen molar-refractivity contribution >= 4 is 35.1 Å². The van der Waals surface area contributed by atoms with E-state index in [1.807, 2.05) is 12.1 Å². The molecule has 0 saturated carbocycles. The third-order valence-electron chi connectivity index (χ3n) is 5.13. The van der Waals surface area contributed by atoms with Crippen LogP contribution in [0.25, 0.3) is 0 Å². The van der Waals surface area contributed by atoms with Crippen LogP contribution in [-0.4, -0.2) is 44.3 Å².